The number of nitrogens with one attached hydrogen (secondary N) is 2. The molecule has 0 aromatic rings. The summed E-state index contributed by atoms with van der Waals surface area (Å²) in [6.07, 6.45) is 4.78. The van der Waals surface area contributed by atoms with E-state index in [1.807, 2.05) is 7.05 Å². The second-order valence-electron chi connectivity index (χ2n) is 4.72. The van der Waals surface area contributed by atoms with Crippen molar-refractivity contribution in [1.29, 1.82) is 0 Å². The van der Waals surface area contributed by atoms with Crippen LogP contribution in [-0.4, -0.2) is 26.2 Å². The summed E-state index contributed by atoms with van der Waals surface area (Å²) < 4.78 is 6.18. The molecule has 0 amide bonds. The Bertz CT molecular complexity index is 251. The molecule has 2 N–H and O–H groups in total. The second kappa shape index (κ2) is 7.59. The van der Waals surface area contributed by atoms with Crippen LogP contribution in [-0.2, 0) is 4.74 Å². The van der Waals surface area contributed by atoms with Gasteiger partial charge in [-0.25, -0.2) is 0 Å². The molecule has 100 valence electrons. The van der Waals surface area contributed by atoms with Crippen molar-refractivity contribution < 1.29 is 4.74 Å². The maximum Gasteiger partial charge on any atom is 0.118 e. The highest BCUT2D eigenvalue weighted by Gasteiger charge is 2.24. The SMILES string of the molecule is CCC1=C(C(CC)CCNC)OC(CC)CN1. The van der Waals surface area contributed by atoms with Crippen molar-refractivity contribution in [2.24, 2.45) is 5.92 Å². The number of rotatable bonds is 7. The van der Waals surface area contributed by atoms with Crippen LogP contribution in [0.1, 0.15) is 46.5 Å². The van der Waals surface area contributed by atoms with Gasteiger partial charge in [0.15, 0.2) is 0 Å². The molecule has 17 heavy (non-hydrogen) atoms. The predicted molar refractivity (Wildman–Crippen MR) is 72.8 cm³/mol. The molecule has 1 rings (SSSR count). The molecule has 0 radical (unpaired) electrons. The lowest BCUT2D eigenvalue weighted by Crippen LogP contribution is -2.36. The van der Waals surface area contributed by atoms with Gasteiger partial charge in [0.25, 0.3) is 0 Å². The van der Waals surface area contributed by atoms with E-state index in [9.17, 15) is 0 Å². The maximum atomic E-state index is 6.18. The molecule has 0 bridgehead atoms. The van der Waals surface area contributed by atoms with E-state index in [0.717, 1.165) is 38.8 Å². The van der Waals surface area contributed by atoms with Gasteiger partial charge in [0.1, 0.15) is 11.9 Å². The standard InChI is InChI=1S/C14H28N2O/c1-5-11(8-9-15-4)14-13(7-3)16-10-12(6-2)17-14/h11-12,15-16H,5-10H2,1-4H3. The lowest BCUT2D eigenvalue weighted by Gasteiger charge is -2.33. The van der Waals surface area contributed by atoms with Gasteiger partial charge in [0, 0.05) is 11.6 Å². The summed E-state index contributed by atoms with van der Waals surface area (Å²) in [7, 11) is 2.01. The van der Waals surface area contributed by atoms with Gasteiger partial charge in [-0.05, 0) is 39.3 Å². The first-order valence-corrected chi connectivity index (χ1v) is 7.04. The van der Waals surface area contributed by atoms with Crippen LogP contribution in [0.3, 0.4) is 0 Å². The van der Waals surface area contributed by atoms with E-state index in [4.69, 9.17) is 4.74 Å². The number of ether oxygens (including phenoxy) is 1. The summed E-state index contributed by atoms with van der Waals surface area (Å²) in [5.74, 6) is 1.78. The van der Waals surface area contributed by atoms with Gasteiger partial charge in [-0.1, -0.05) is 20.8 Å². The average molecular weight is 240 g/mol. The molecule has 0 saturated carbocycles. The van der Waals surface area contributed by atoms with E-state index in [-0.39, 0.29) is 0 Å². The van der Waals surface area contributed by atoms with Crippen molar-refractivity contribution in [1.82, 2.24) is 10.6 Å². The van der Waals surface area contributed by atoms with Gasteiger partial charge in [-0.3, -0.25) is 0 Å². The molecule has 3 nitrogen and oxygen atoms in total. The molecule has 0 aromatic carbocycles. The van der Waals surface area contributed by atoms with Gasteiger partial charge < -0.3 is 15.4 Å². The molecule has 0 aliphatic carbocycles. The fourth-order valence-electron chi connectivity index (χ4n) is 2.33. The van der Waals surface area contributed by atoms with Crippen molar-refractivity contribution in [3.8, 4) is 0 Å². The zero-order valence-electron chi connectivity index (χ0n) is 11.8. The van der Waals surface area contributed by atoms with E-state index < -0.39 is 0 Å². The molecule has 3 heteroatoms. The Kier molecular flexibility index (Phi) is 6.41. The maximum absolute atomic E-state index is 6.18. The molecule has 0 aromatic heterocycles. The fraction of sp³-hybridized carbons (Fsp3) is 0.857. The van der Waals surface area contributed by atoms with Gasteiger partial charge in [0.05, 0.1) is 6.54 Å². The first kappa shape index (κ1) is 14.4. The van der Waals surface area contributed by atoms with E-state index in [2.05, 4.69) is 31.4 Å². The van der Waals surface area contributed by atoms with Crippen LogP contribution in [0, 0.1) is 5.92 Å². The first-order chi connectivity index (χ1) is 8.26. The molecule has 1 aliphatic rings. The van der Waals surface area contributed by atoms with Crippen LogP contribution in [0.4, 0.5) is 0 Å². The van der Waals surface area contributed by atoms with Crippen molar-refractivity contribution in [3.05, 3.63) is 11.5 Å². The number of hydrogen-bond acceptors (Lipinski definition) is 3. The highest BCUT2D eigenvalue weighted by Crippen LogP contribution is 2.28. The largest absolute Gasteiger partial charge is 0.491 e. The van der Waals surface area contributed by atoms with Crippen LogP contribution >= 0.6 is 0 Å². The predicted octanol–water partition coefficient (Wildman–Crippen LogP) is 2.64. The molecule has 1 aliphatic heterocycles. The molecule has 0 saturated heterocycles. The zero-order valence-corrected chi connectivity index (χ0v) is 11.8. The fourth-order valence-corrected chi connectivity index (χ4v) is 2.33. The van der Waals surface area contributed by atoms with Crippen LogP contribution in [0.15, 0.2) is 11.5 Å². The minimum atomic E-state index is 0.351. The zero-order chi connectivity index (χ0) is 12.7. The smallest absolute Gasteiger partial charge is 0.118 e. The Hall–Kier alpha value is -0.700. The van der Waals surface area contributed by atoms with Crippen LogP contribution in [0.2, 0.25) is 0 Å². The Labute approximate surface area is 106 Å². The lowest BCUT2D eigenvalue weighted by atomic mass is 9.96. The topological polar surface area (TPSA) is 33.3 Å². The molecule has 0 fully saturated rings. The summed E-state index contributed by atoms with van der Waals surface area (Å²) >= 11 is 0. The highest BCUT2D eigenvalue weighted by molar-refractivity contribution is 5.13. The van der Waals surface area contributed by atoms with E-state index >= 15 is 0 Å². The van der Waals surface area contributed by atoms with Crippen molar-refractivity contribution in [2.45, 2.75) is 52.6 Å². The van der Waals surface area contributed by atoms with Crippen molar-refractivity contribution in [2.75, 3.05) is 20.1 Å². The lowest BCUT2D eigenvalue weighted by molar-refractivity contribution is 0.0672. The van der Waals surface area contributed by atoms with Gasteiger partial charge >= 0.3 is 0 Å². The van der Waals surface area contributed by atoms with Crippen LogP contribution < -0.4 is 10.6 Å². The summed E-state index contributed by atoms with van der Waals surface area (Å²) in [5, 5.41) is 6.78. The normalized spacial score (nSPS) is 22.0. The van der Waals surface area contributed by atoms with Crippen LogP contribution in [0.25, 0.3) is 0 Å². The van der Waals surface area contributed by atoms with Crippen molar-refractivity contribution in [3.63, 3.8) is 0 Å². The van der Waals surface area contributed by atoms with E-state index in [1.165, 1.54) is 11.5 Å². The minimum absolute atomic E-state index is 0.351. The molecular formula is C14H28N2O. The third kappa shape index (κ3) is 3.91. The van der Waals surface area contributed by atoms with Crippen LogP contribution in [0.5, 0.6) is 0 Å². The first-order valence-electron chi connectivity index (χ1n) is 7.04. The quantitative estimate of drug-likeness (QED) is 0.718. The third-order valence-electron chi connectivity index (χ3n) is 3.55. The molecule has 1 heterocycles. The number of allylic oxidation sites excluding steroid dienone is 2. The summed E-state index contributed by atoms with van der Waals surface area (Å²) in [6, 6.07) is 0. The number of hydrogen-bond donors (Lipinski definition) is 2. The summed E-state index contributed by atoms with van der Waals surface area (Å²) in [5.41, 5.74) is 1.32. The molecular weight excluding hydrogens is 212 g/mol. The Balaban J connectivity index is 2.75. The molecule has 2 atom stereocenters. The average Bonchev–Trinajstić information content (AvgIpc) is 2.39. The van der Waals surface area contributed by atoms with Gasteiger partial charge in [0.2, 0.25) is 0 Å². The van der Waals surface area contributed by atoms with E-state index in [0.29, 0.717) is 12.0 Å². The van der Waals surface area contributed by atoms with Gasteiger partial charge in [-0.2, -0.15) is 0 Å². The third-order valence-corrected chi connectivity index (χ3v) is 3.55. The minimum Gasteiger partial charge on any atom is -0.491 e. The van der Waals surface area contributed by atoms with Crippen molar-refractivity contribution >= 4 is 0 Å². The van der Waals surface area contributed by atoms with Gasteiger partial charge in [-0.15, -0.1) is 0 Å². The Morgan fingerprint density at radius 3 is 2.71 bits per heavy atom. The summed E-state index contributed by atoms with van der Waals surface area (Å²) in [4.78, 5) is 0. The Morgan fingerprint density at radius 2 is 2.18 bits per heavy atom. The Morgan fingerprint density at radius 1 is 1.41 bits per heavy atom. The summed E-state index contributed by atoms with van der Waals surface area (Å²) in [6.45, 7) is 8.66. The molecule has 2 unspecified atom stereocenters. The van der Waals surface area contributed by atoms with E-state index in [1.54, 1.807) is 0 Å². The molecule has 0 spiro atoms. The second-order valence-corrected chi connectivity index (χ2v) is 4.72. The monoisotopic (exact) mass is 240 g/mol. The highest BCUT2D eigenvalue weighted by atomic mass is 16.5.